The number of aromatic nitrogens is 1. The Balaban J connectivity index is 2.08. The highest BCUT2D eigenvalue weighted by molar-refractivity contribution is 7.89. The summed E-state index contributed by atoms with van der Waals surface area (Å²) in [5, 5.41) is 2.56. The molecule has 0 fully saturated rings. The van der Waals surface area contributed by atoms with Crippen LogP contribution in [0.25, 0.3) is 0 Å². The highest BCUT2D eigenvalue weighted by Crippen LogP contribution is 2.18. The van der Waals surface area contributed by atoms with Crippen molar-refractivity contribution in [2.75, 3.05) is 27.7 Å². The molecule has 28 heavy (non-hydrogen) atoms. The largest absolute Gasteiger partial charge is 0.351 e. The molecule has 0 atom stereocenters. The van der Waals surface area contributed by atoms with Crippen LogP contribution in [0.4, 0.5) is 0 Å². The van der Waals surface area contributed by atoms with Crippen LogP contribution in [0.2, 0.25) is 0 Å². The molecule has 2 rings (SSSR count). The number of hydrogen-bond donors (Lipinski definition) is 1. The number of carbonyl (C=O) groups is 1. The molecule has 152 valence electrons. The van der Waals surface area contributed by atoms with Crippen molar-refractivity contribution in [1.82, 2.24) is 18.9 Å². The third kappa shape index (κ3) is 4.93. The normalized spacial score (nSPS) is 12.3. The predicted molar refractivity (Wildman–Crippen MR) is 103 cm³/mol. The van der Waals surface area contributed by atoms with Gasteiger partial charge in [0.1, 0.15) is 4.90 Å². The number of nitrogens with zero attached hydrogens (tertiary/aromatic N) is 3. The standard InChI is InChI=1S/C17H22N4O5S2/c1-20(2)28(25,26)16-9-5-4-7-14(16)11-19-17(22)13-21(3)27(23,24)15-8-6-10-18-12-15/h4-10,12H,11,13H2,1-3H3,(H,19,22). The van der Waals surface area contributed by atoms with E-state index in [1.165, 1.54) is 51.7 Å². The average Bonchev–Trinajstić information content (AvgIpc) is 2.67. The molecule has 0 saturated carbocycles. The van der Waals surface area contributed by atoms with E-state index >= 15 is 0 Å². The maximum Gasteiger partial charge on any atom is 0.244 e. The molecule has 9 nitrogen and oxygen atoms in total. The van der Waals surface area contributed by atoms with E-state index in [2.05, 4.69) is 10.3 Å². The summed E-state index contributed by atoms with van der Waals surface area (Å²) in [4.78, 5) is 16.0. The van der Waals surface area contributed by atoms with Crippen LogP contribution in [0, 0.1) is 0 Å². The van der Waals surface area contributed by atoms with E-state index in [-0.39, 0.29) is 16.3 Å². The minimum absolute atomic E-state index is 0.0206. The van der Waals surface area contributed by atoms with Gasteiger partial charge in [-0.3, -0.25) is 9.78 Å². The van der Waals surface area contributed by atoms with Gasteiger partial charge in [-0.15, -0.1) is 0 Å². The van der Waals surface area contributed by atoms with Gasteiger partial charge in [-0.2, -0.15) is 4.31 Å². The first-order valence-corrected chi connectivity index (χ1v) is 11.1. The van der Waals surface area contributed by atoms with Crippen LogP contribution in [0.1, 0.15) is 5.56 Å². The molecule has 0 radical (unpaired) electrons. The van der Waals surface area contributed by atoms with Crippen molar-refractivity contribution >= 4 is 26.0 Å². The Hall–Kier alpha value is -2.34. The Morgan fingerprint density at radius 3 is 2.29 bits per heavy atom. The van der Waals surface area contributed by atoms with E-state index in [9.17, 15) is 21.6 Å². The predicted octanol–water partition coefficient (Wildman–Crippen LogP) is 0.269. The summed E-state index contributed by atoms with van der Waals surface area (Å²) >= 11 is 0. The fraction of sp³-hybridized carbons (Fsp3) is 0.294. The van der Waals surface area contributed by atoms with Gasteiger partial charge in [0.25, 0.3) is 0 Å². The number of carbonyl (C=O) groups excluding carboxylic acids is 1. The summed E-state index contributed by atoms with van der Waals surface area (Å²) in [7, 11) is -3.40. The van der Waals surface area contributed by atoms with Crippen molar-refractivity contribution < 1.29 is 21.6 Å². The second kappa shape index (κ2) is 8.78. The van der Waals surface area contributed by atoms with Crippen molar-refractivity contribution in [3.05, 3.63) is 54.4 Å². The topological polar surface area (TPSA) is 117 Å². The Morgan fingerprint density at radius 2 is 1.68 bits per heavy atom. The highest BCUT2D eigenvalue weighted by atomic mass is 32.2. The highest BCUT2D eigenvalue weighted by Gasteiger charge is 2.24. The van der Waals surface area contributed by atoms with E-state index in [4.69, 9.17) is 0 Å². The van der Waals surface area contributed by atoms with E-state index in [0.29, 0.717) is 5.56 Å². The van der Waals surface area contributed by atoms with Gasteiger partial charge in [0.05, 0.1) is 11.4 Å². The van der Waals surface area contributed by atoms with Crippen molar-refractivity contribution in [1.29, 1.82) is 0 Å². The monoisotopic (exact) mass is 426 g/mol. The van der Waals surface area contributed by atoms with Gasteiger partial charge in [-0.1, -0.05) is 18.2 Å². The molecule has 0 aliphatic rings. The number of rotatable bonds is 8. The Labute approximate surface area is 165 Å². The first kappa shape index (κ1) is 22.0. The van der Waals surface area contributed by atoms with Gasteiger partial charge in [0.15, 0.2) is 0 Å². The summed E-state index contributed by atoms with van der Waals surface area (Å²) in [5.74, 6) is -0.563. The lowest BCUT2D eigenvalue weighted by Crippen LogP contribution is -2.38. The lowest BCUT2D eigenvalue weighted by molar-refractivity contribution is -0.121. The van der Waals surface area contributed by atoms with Crippen molar-refractivity contribution in [3.63, 3.8) is 0 Å². The third-order valence-corrected chi connectivity index (χ3v) is 7.62. The van der Waals surface area contributed by atoms with Crippen LogP contribution in [-0.2, 0) is 31.4 Å². The smallest absolute Gasteiger partial charge is 0.244 e. The maximum absolute atomic E-state index is 12.4. The number of hydrogen-bond acceptors (Lipinski definition) is 6. The summed E-state index contributed by atoms with van der Waals surface area (Å²) in [5.41, 5.74) is 0.405. The quantitative estimate of drug-likeness (QED) is 0.648. The molecule has 2 aromatic rings. The molecule has 0 aliphatic carbocycles. The molecule has 0 unspecified atom stereocenters. The van der Waals surface area contributed by atoms with Crippen LogP contribution in [0.3, 0.4) is 0 Å². The summed E-state index contributed by atoms with van der Waals surface area (Å²) in [6.45, 7) is -0.470. The molecular formula is C17H22N4O5S2. The third-order valence-electron chi connectivity index (χ3n) is 3.92. The number of benzene rings is 1. The maximum atomic E-state index is 12.4. The Kier molecular flexibility index (Phi) is 6.88. The van der Waals surface area contributed by atoms with E-state index < -0.39 is 32.5 Å². The van der Waals surface area contributed by atoms with Crippen LogP contribution in [-0.4, -0.2) is 64.0 Å². The van der Waals surface area contributed by atoms with E-state index in [0.717, 1.165) is 8.61 Å². The molecule has 0 bridgehead atoms. The van der Waals surface area contributed by atoms with Crippen molar-refractivity contribution in [2.24, 2.45) is 0 Å². The van der Waals surface area contributed by atoms with Crippen LogP contribution in [0.15, 0.2) is 58.6 Å². The molecular weight excluding hydrogens is 404 g/mol. The minimum Gasteiger partial charge on any atom is -0.351 e. The molecule has 1 aromatic carbocycles. The fourth-order valence-electron chi connectivity index (χ4n) is 2.31. The lowest BCUT2D eigenvalue weighted by Gasteiger charge is -2.18. The molecule has 11 heteroatoms. The van der Waals surface area contributed by atoms with Gasteiger partial charge < -0.3 is 5.32 Å². The Bertz CT molecular complexity index is 1040. The summed E-state index contributed by atoms with van der Waals surface area (Å²) in [6.07, 6.45) is 2.65. The number of likely N-dealkylation sites (N-methyl/N-ethyl adjacent to an activating group) is 1. The molecule has 1 aromatic heterocycles. The van der Waals surface area contributed by atoms with Gasteiger partial charge in [-0.05, 0) is 23.8 Å². The summed E-state index contributed by atoms with van der Waals surface area (Å²) in [6, 6.07) is 9.18. The number of sulfonamides is 2. The minimum atomic E-state index is -3.85. The SMILES string of the molecule is CN(C)S(=O)(=O)c1ccccc1CNC(=O)CN(C)S(=O)(=O)c1cccnc1. The number of amides is 1. The number of pyridine rings is 1. The number of nitrogens with one attached hydrogen (secondary N) is 1. The summed E-state index contributed by atoms with van der Waals surface area (Å²) < 4.78 is 51.6. The molecule has 0 saturated heterocycles. The van der Waals surface area contributed by atoms with Crippen molar-refractivity contribution in [3.8, 4) is 0 Å². The zero-order chi connectivity index (χ0) is 20.9. The van der Waals surface area contributed by atoms with E-state index in [1.807, 2.05) is 0 Å². The van der Waals surface area contributed by atoms with Crippen molar-refractivity contribution in [2.45, 2.75) is 16.3 Å². The second-order valence-electron chi connectivity index (χ2n) is 6.12. The molecule has 1 amide bonds. The zero-order valence-corrected chi connectivity index (χ0v) is 17.4. The first-order valence-electron chi connectivity index (χ1n) is 8.20. The first-order chi connectivity index (χ1) is 13.1. The Morgan fingerprint density at radius 1 is 1.00 bits per heavy atom. The molecule has 1 heterocycles. The zero-order valence-electron chi connectivity index (χ0n) is 15.7. The lowest BCUT2D eigenvalue weighted by atomic mass is 10.2. The molecule has 0 spiro atoms. The fourth-order valence-corrected chi connectivity index (χ4v) is 4.52. The van der Waals surface area contributed by atoms with Gasteiger partial charge in [-0.25, -0.2) is 21.1 Å². The molecule has 1 N–H and O–H groups in total. The van der Waals surface area contributed by atoms with Crippen LogP contribution in [0.5, 0.6) is 0 Å². The van der Waals surface area contributed by atoms with Crippen LogP contribution >= 0.6 is 0 Å². The van der Waals surface area contributed by atoms with E-state index in [1.54, 1.807) is 18.2 Å². The average molecular weight is 427 g/mol. The van der Waals surface area contributed by atoms with Crippen LogP contribution < -0.4 is 5.32 Å². The molecule has 0 aliphatic heterocycles. The van der Waals surface area contributed by atoms with Gasteiger partial charge in [0.2, 0.25) is 26.0 Å². The van der Waals surface area contributed by atoms with Gasteiger partial charge >= 0.3 is 0 Å². The second-order valence-corrected chi connectivity index (χ2v) is 10.3. The van der Waals surface area contributed by atoms with Gasteiger partial charge in [0, 0.05) is 40.1 Å².